The molecule has 2 aromatic carbocycles. The van der Waals surface area contributed by atoms with E-state index in [1.165, 1.54) is 29.2 Å². The van der Waals surface area contributed by atoms with Crippen LogP contribution in [0.1, 0.15) is 22.3 Å². The molecule has 1 heterocycles. The highest BCUT2D eigenvalue weighted by atomic mass is 19.4. The predicted octanol–water partition coefficient (Wildman–Crippen LogP) is 5.56. The first-order chi connectivity index (χ1) is 14.3. The van der Waals surface area contributed by atoms with Crippen LogP contribution in [0.15, 0.2) is 85.2 Å². The van der Waals surface area contributed by atoms with Gasteiger partial charge in [0.15, 0.2) is 0 Å². The quantitative estimate of drug-likeness (QED) is 0.498. The second-order valence-corrected chi connectivity index (χ2v) is 6.90. The third kappa shape index (κ3) is 5.56. The van der Waals surface area contributed by atoms with Crippen molar-refractivity contribution in [2.75, 3.05) is 0 Å². The zero-order valence-corrected chi connectivity index (χ0v) is 16.4. The van der Waals surface area contributed by atoms with E-state index in [0.717, 1.165) is 16.7 Å². The van der Waals surface area contributed by atoms with Crippen molar-refractivity contribution in [1.29, 1.82) is 0 Å². The van der Waals surface area contributed by atoms with Crippen molar-refractivity contribution in [2.45, 2.75) is 26.2 Å². The number of halogens is 3. The van der Waals surface area contributed by atoms with Crippen molar-refractivity contribution >= 4 is 11.5 Å². The molecule has 3 rings (SSSR count). The zero-order chi connectivity index (χ0) is 21.6. The fourth-order valence-corrected chi connectivity index (χ4v) is 3.08. The van der Waals surface area contributed by atoms with Crippen LogP contribution in [0.4, 0.5) is 13.2 Å². The van der Waals surface area contributed by atoms with Crippen LogP contribution in [0.5, 0.6) is 0 Å². The molecule has 0 radical (unpaired) electrons. The van der Waals surface area contributed by atoms with E-state index in [2.05, 4.69) is 4.98 Å². The summed E-state index contributed by atoms with van der Waals surface area (Å²) >= 11 is 0. The molecule has 3 nitrogen and oxygen atoms in total. The van der Waals surface area contributed by atoms with Gasteiger partial charge in [-0.1, -0.05) is 60.7 Å². The van der Waals surface area contributed by atoms with Gasteiger partial charge < -0.3 is 4.90 Å². The first-order valence-corrected chi connectivity index (χ1v) is 9.41. The maximum absolute atomic E-state index is 13.7. The van der Waals surface area contributed by atoms with Crippen LogP contribution < -0.4 is 0 Å². The monoisotopic (exact) mass is 410 g/mol. The normalized spacial score (nSPS) is 11.9. The summed E-state index contributed by atoms with van der Waals surface area (Å²) in [6.45, 7) is 2.25. The number of nitrogens with zero attached hydrogens (tertiary/aromatic N) is 2. The van der Waals surface area contributed by atoms with Crippen LogP contribution in [-0.4, -0.2) is 22.0 Å². The molecule has 1 aromatic heterocycles. The van der Waals surface area contributed by atoms with Gasteiger partial charge in [-0.2, -0.15) is 13.2 Å². The molecule has 0 atom stereocenters. The Kier molecular flexibility index (Phi) is 6.67. The summed E-state index contributed by atoms with van der Waals surface area (Å²) in [5, 5.41) is 0. The number of hydrogen-bond donors (Lipinski definition) is 0. The summed E-state index contributed by atoms with van der Waals surface area (Å²) in [6.07, 6.45) is -0.762. The number of hydrogen-bond acceptors (Lipinski definition) is 2. The second kappa shape index (κ2) is 9.39. The highest BCUT2D eigenvalue weighted by Crippen LogP contribution is 2.34. The molecule has 0 saturated heterocycles. The second-order valence-electron chi connectivity index (χ2n) is 6.90. The Morgan fingerprint density at radius 3 is 2.30 bits per heavy atom. The minimum atomic E-state index is -4.65. The molecule has 0 aliphatic rings. The van der Waals surface area contributed by atoms with E-state index in [9.17, 15) is 18.0 Å². The van der Waals surface area contributed by atoms with Gasteiger partial charge in [0.2, 0.25) is 5.91 Å². The molecule has 0 spiro atoms. The van der Waals surface area contributed by atoms with Crippen molar-refractivity contribution < 1.29 is 18.0 Å². The van der Waals surface area contributed by atoms with Crippen molar-refractivity contribution in [3.63, 3.8) is 0 Å². The Balaban J connectivity index is 1.97. The molecule has 0 aliphatic heterocycles. The molecule has 3 aromatic rings. The number of allylic oxidation sites excluding steroid dienone is 1. The Morgan fingerprint density at radius 2 is 1.67 bits per heavy atom. The molecule has 0 fully saturated rings. The molecular formula is C24H21F3N2O. The van der Waals surface area contributed by atoms with Gasteiger partial charge in [-0.15, -0.1) is 0 Å². The summed E-state index contributed by atoms with van der Waals surface area (Å²) in [5.74, 6) is -0.710. The molecule has 30 heavy (non-hydrogen) atoms. The molecule has 6 heteroatoms. The van der Waals surface area contributed by atoms with E-state index in [4.69, 9.17) is 0 Å². The summed E-state index contributed by atoms with van der Waals surface area (Å²) in [5.41, 5.74) is 1.56. The minimum absolute atomic E-state index is 0.0458. The van der Waals surface area contributed by atoms with Crippen LogP contribution in [0.25, 0.3) is 5.57 Å². The maximum Gasteiger partial charge on any atom is 0.417 e. The third-order valence-electron chi connectivity index (χ3n) is 4.69. The van der Waals surface area contributed by atoms with Gasteiger partial charge in [0.1, 0.15) is 0 Å². The first-order valence-electron chi connectivity index (χ1n) is 9.41. The lowest BCUT2D eigenvalue weighted by Crippen LogP contribution is -2.30. The molecule has 0 unspecified atom stereocenters. The highest BCUT2D eigenvalue weighted by molar-refractivity contribution is 5.96. The van der Waals surface area contributed by atoms with Gasteiger partial charge in [-0.3, -0.25) is 9.78 Å². The van der Waals surface area contributed by atoms with E-state index in [1.807, 2.05) is 31.2 Å². The van der Waals surface area contributed by atoms with E-state index < -0.39 is 17.7 Å². The third-order valence-corrected chi connectivity index (χ3v) is 4.69. The molecule has 0 bridgehead atoms. The average molecular weight is 410 g/mol. The topological polar surface area (TPSA) is 33.2 Å². The van der Waals surface area contributed by atoms with Gasteiger partial charge in [-0.25, -0.2) is 0 Å². The number of rotatable bonds is 6. The SMILES string of the molecule is Cc1ccccc1CN(Cc1cccnc1)C(=O)/C=C(/c1ccccc1)C(F)(F)F. The van der Waals surface area contributed by atoms with E-state index in [1.54, 1.807) is 30.6 Å². The molecule has 154 valence electrons. The number of benzene rings is 2. The first kappa shape index (κ1) is 21.3. The fraction of sp³-hybridized carbons (Fsp3) is 0.167. The van der Waals surface area contributed by atoms with Crippen LogP contribution >= 0.6 is 0 Å². The lowest BCUT2D eigenvalue weighted by atomic mass is 10.0. The summed E-state index contributed by atoms with van der Waals surface area (Å²) in [6, 6.07) is 18.4. The Bertz CT molecular complexity index is 1020. The number of aromatic nitrogens is 1. The highest BCUT2D eigenvalue weighted by Gasteiger charge is 2.35. The summed E-state index contributed by atoms with van der Waals surface area (Å²) in [4.78, 5) is 18.5. The van der Waals surface area contributed by atoms with Crippen molar-refractivity contribution in [3.8, 4) is 0 Å². The van der Waals surface area contributed by atoms with Gasteiger partial charge in [0.05, 0.1) is 5.57 Å². The molecule has 1 amide bonds. The van der Waals surface area contributed by atoms with Gasteiger partial charge in [0, 0.05) is 31.6 Å². The standard InChI is InChI=1S/C24H21F3N2O/c1-18-8-5-6-12-21(18)17-29(16-19-9-7-13-28-15-19)23(30)14-22(24(25,26)27)20-10-3-2-4-11-20/h2-15H,16-17H2,1H3/b22-14-. The Hall–Kier alpha value is -3.41. The van der Waals surface area contributed by atoms with Crippen LogP contribution in [-0.2, 0) is 17.9 Å². The Morgan fingerprint density at radius 1 is 0.967 bits per heavy atom. The average Bonchev–Trinajstić information content (AvgIpc) is 2.73. The number of aryl methyl sites for hydroxylation is 1. The number of pyridine rings is 1. The lowest BCUT2D eigenvalue weighted by molar-refractivity contribution is -0.127. The number of carbonyl (C=O) groups excluding carboxylic acids is 1. The Labute approximate surface area is 173 Å². The largest absolute Gasteiger partial charge is 0.417 e. The van der Waals surface area contributed by atoms with Crippen LogP contribution in [0, 0.1) is 6.92 Å². The number of carbonyl (C=O) groups is 1. The molecule has 0 aliphatic carbocycles. The smallest absolute Gasteiger partial charge is 0.330 e. The van der Waals surface area contributed by atoms with Crippen molar-refractivity contribution in [2.24, 2.45) is 0 Å². The predicted molar refractivity (Wildman–Crippen MR) is 110 cm³/mol. The van der Waals surface area contributed by atoms with Crippen molar-refractivity contribution in [1.82, 2.24) is 9.88 Å². The van der Waals surface area contributed by atoms with E-state index in [-0.39, 0.29) is 18.7 Å². The maximum atomic E-state index is 13.7. The fourth-order valence-electron chi connectivity index (χ4n) is 3.08. The summed E-state index contributed by atoms with van der Waals surface area (Å²) in [7, 11) is 0. The number of amides is 1. The minimum Gasteiger partial charge on any atom is -0.330 e. The number of alkyl halides is 3. The van der Waals surface area contributed by atoms with Gasteiger partial charge in [-0.05, 0) is 35.2 Å². The lowest BCUT2D eigenvalue weighted by Gasteiger charge is -2.23. The van der Waals surface area contributed by atoms with E-state index in [0.29, 0.717) is 6.08 Å². The van der Waals surface area contributed by atoms with Crippen molar-refractivity contribution in [3.05, 3.63) is 107 Å². The molecule has 0 saturated carbocycles. The van der Waals surface area contributed by atoms with E-state index >= 15 is 0 Å². The van der Waals surface area contributed by atoms with Crippen LogP contribution in [0.2, 0.25) is 0 Å². The summed E-state index contributed by atoms with van der Waals surface area (Å²) < 4.78 is 41.1. The zero-order valence-electron chi connectivity index (χ0n) is 16.4. The van der Waals surface area contributed by atoms with Gasteiger partial charge >= 0.3 is 6.18 Å². The van der Waals surface area contributed by atoms with Crippen LogP contribution in [0.3, 0.4) is 0 Å². The van der Waals surface area contributed by atoms with Gasteiger partial charge in [0.25, 0.3) is 0 Å². The molecular weight excluding hydrogens is 389 g/mol. The molecule has 0 N–H and O–H groups in total.